The van der Waals surface area contributed by atoms with Crippen LogP contribution in [0.4, 0.5) is 0 Å². The monoisotopic (exact) mass is 490 g/mol. The van der Waals surface area contributed by atoms with E-state index in [0.717, 1.165) is 27.6 Å². The van der Waals surface area contributed by atoms with Crippen LogP contribution in [0.15, 0.2) is 66.7 Å². The van der Waals surface area contributed by atoms with E-state index in [1.54, 1.807) is 7.11 Å². The number of para-hydroxylation sites is 3. The Balaban J connectivity index is 0.000000968. The van der Waals surface area contributed by atoms with Crippen molar-refractivity contribution in [3.8, 4) is 17.2 Å². The molecule has 0 spiro atoms. The van der Waals surface area contributed by atoms with E-state index in [9.17, 15) is 5.11 Å². The molecule has 1 aromatic heterocycles. The van der Waals surface area contributed by atoms with Crippen LogP contribution in [0.5, 0.6) is 17.2 Å². The average molecular weight is 491 g/mol. The lowest BCUT2D eigenvalue weighted by atomic mass is 10.1. The van der Waals surface area contributed by atoms with Crippen molar-refractivity contribution in [1.82, 2.24) is 10.3 Å². The summed E-state index contributed by atoms with van der Waals surface area (Å²) in [6, 6.07) is 21.6. The number of ether oxygens (including phenoxy) is 3. The van der Waals surface area contributed by atoms with Gasteiger partial charge in [-0.1, -0.05) is 36.4 Å². The number of halogens is 2. The normalized spacial score (nSPS) is 11.6. The number of fused-ring (bicyclic) bond motifs is 3. The van der Waals surface area contributed by atoms with Crippen molar-refractivity contribution in [3.63, 3.8) is 0 Å². The van der Waals surface area contributed by atoms with Crippen molar-refractivity contribution >= 4 is 45.0 Å². The fourth-order valence-electron chi connectivity index (χ4n) is 3.47. The van der Waals surface area contributed by atoms with Crippen molar-refractivity contribution in [3.05, 3.63) is 66.7 Å². The summed E-state index contributed by atoms with van der Waals surface area (Å²) in [7, 11) is 1.62. The fraction of sp³-hybridized carbons (Fsp3) is 0.280. The van der Waals surface area contributed by atoms with Gasteiger partial charge in [-0.15, -0.1) is 23.2 Å². The molecular formula is C25H28Cl2N2O4. The maximum absolute atomic E-state index is 10.3. The van der Waals surface area contributed by atoms with Gasteiger partial charge in [-0.3, -0.25) is 0 Å². The second-order valence-corrected chi connectivity index (χ2v) is 7.93. The number of aliphatic hydroxyl groups excluding tert-OH is 1. The van der Waals surface area contributed by atoms with E-state index in [4.69, 9.17) is 37.4 Å². The molecule has 0 bridgehead atoms. The van der Waals surface area contributed by atoms with Gasteiger partial charge in [0.15, 0.2) is 11.5 Å². The standard InChI is InChI=1S/C24H26N2O4.CH2Cl2/c1-28-21-10-4-5-11-22(21)29-14-13-25-15-17(27)16-30-23-12-6-9-20-24(23)18-7-2-3-8-19(18)26-20;2-1-3/h2-12,17,25-27H,13-16H2,1H3;1H2. The van der Waals surface area contributed by atoms with Crippen LogP contribution in [-0.4, -0.2) is 54.9 Å². The number of H-pyrrole nitrogens is 1. The lowest BCUT2D eigenvalue weighted by Gasteiger charge is -2.15. The molecule has 0 fully saturated rings. The van der Waals surface area contributed by atoms with Gasteiger partial charge in [-0.2, -0.15) is 0 Å². The fourth-order valence-corrected chi connectivity index (χ4v) is 3.47. The van der Waals surface area contributed by atoms with Gasteiger partial charge in [0.2, 0.25) is 0 Å². The second kappa shape index (κ2) is 13.2. The summed E-state index contributed by atoms with van der Waals surface area (Å²) in [5.41, 5.74) is 2.09. The minimum absolute atomic E-state index is 0.194. The zero-order valence-corrected chi connectivity index (χ0v) is 19.9. The van der Waals surface area contributed by atoms with E-state index in [1.165, 1.54) is 0 Å². The Morgan fingerprint density at radius 2 is 1.55 bits per heavy atom. The molecule has 6 nitrogen and oxygen atoms in total. The van der Waals surface area contributed by atoms with Crippen LogP contribution in [0.1, 0.15) is 0 Å². The third-order valence-electron chi connectivity index (χ3n) is 4.91. The van der Waals surface area contributed by atoms with Crippen LogP contribution in [0, 0.1) is 0 Å². The Morgan fingerprint density at radius 1 is 0.879 bits per heavy atom. The highest BCUT2D eigenvalue weighted by Crippen LogP contribution is 2.33. The maximum Gasteiger partial charge on any atom is 0.161 e. The van der Waals surface area contributed by atoms with E-state index >= 15 is 0 Å². The number of aromatic nitrogens is 1. The van der Waals surface area contributed by atoms with Crippen molar-refractivity contribution in [1.29, 1.82) is 0 Å². The van der Waals surface area contributed by atoms with Gasteiger partial charge in [0.1, 0.15) is 25.1 Å². The average Bonchev–Trinajstić information content (AvgIpc) is 3.22. The highest BCUT2D eigenvalue weighted by molar-refractivity contribution is 6.40. The molecule has 4 aromatic rings. The van der Waals surface area contributed by atoms with Crippen LogP contribution < -0.4 is 19.5 Å². The zero-order valence-electron chi connectivity index (χ0n) is 18.4. The Bertz CT molecular complexity index is 1140. The molecule has 0 aliphatic rings. The molecule has 3 aromatic carbocycles. The molecule has 0 amide bonds. The number of methoxy groups -OCH3 is 1. The number of nitrogens with one attached hydrogen (secondary N) is 2. The molecule has 1 heterocycles. The summed E-state index contributed by atoms with van der Waals surface area (Å²) in [5.74, 6) is 2.18. The maximum atomic E-state index is 10.3. The van der Waals surface area contributed by atoms with Crippen LogP contribution >= 0.6 is 23.2 Å². The Kier molecular flexibility index (Phi) is 9.97. The quantitative estimate of drug-likeness (QED) is 0.211. The van der Waals surface area contributed by atoms with Gasteiger partial charge >= 0.3 is 0 Å². The Morgan fingerprint density at radius 3 is 2.33 bits per heavy atom. The van der Waals surface area contributed by atoms with E-state index in [2.05, 4.69) is 16.4 Å². The third kappa shape index (κ3) is 6.92. The predicted octanol–water partition coefficient (Wildman–Crippen LogP) is 5.16. The second-order valence-electron chi connectivity index (χ2n) is 7.12. The summed E-state index contributed by atoms with van der Waals surface area (Å²) in [6.45, 7) is 1.70. The number of hydrogen-bond donors (Lipinski definition) is 3. The first kappa shape index (κ1) is 25.0. The van der Waals surface area contributed by atoms with E-state index in [0.29, 0.717) is 31.2 Å². The van der Waals surface area contributed by atoms with Crippen LogP contribution in [0.2, 0.25) is 0 Å². The highest BCUT2D eigenvalue weighted by atomic mass is 35.5. The Labute approximate surface area is 203 Å². The molecule has 0 aliphatic heterocycles. The van der Waals surface area contributed by atoms with Gasteiger partial charge in [0.25, 0.3) is 0 Å². The summed E-state index contributed by atoms with van der Waals surface area (Å²) in [4.78, 5) is 3.40. The predicted molar refractivity (Wildman–Crippen MR) is 135 cm³/mol. The Hall–Kier alpha value is -2.64. The number of benzene rings is 3. The van der Waals surface area contributed by atoms with E-state index in [-0.39, 0.29) is 11.9 Å². The minimum Gasteiger partial charge on any atom is -0.493 e. The lowest BCUT2D eigenvalue weighted by Crippen LogP contribution is -2.33. The number of aromatic amines is 1. The number of hydrogen-bond acceptors (Lipinski definition) is 5. The first-order valence-electron chi connectivity index (χ1n) is 10.6. The van der Waals surface area contributed by atoms with Gasteiger partial charge in [-0.25, -0.2) is 0 Å². The summed E-state index contributed by atoms with van der Waals surface area (Å²) < 4.78 is 16.9. The van der Waals surface area contributed by atoms with E-state index in [1.807, 2.05) is 60.7 Å². The largest absolute Gasteiger partial charge is 0.493 e. The molecule has 0 saturated heterocycles. The van der Waals surface area contributed by atoms with E-state index < -0.39 is 6.10 Å². The molecule has 0 saturated carbocycles. The van der Waals surface area contributed by atoms with Crippen molar-refractivity contribution in [2.24, 2.45) is 0 Å². The summed E-state index contributed by atoms with van der Waals surface area (Å²) >= 11 is 9.53. The van der Waals surface area contributed by atoms with Crippen molar-refractivity contribution in [2.75, 3.05) is 38.8 Å². The van der Waals surface area contributed by atoms with Gasteiger partial charge in [0, 0.05) is 29.4 Å². The van der Waals surface area contributed by atoms with Crippen LogP contribution in [-0.2, 0) is 0 Å². The molecule has 1 atom stereocenters. The first-order valence-corrected chi connectivity index (χ1v) is 11.6. The molecule has 3 N–H and O–H groups in total. The van der Waals surface area contributed by atoms with Crippen LogP contribution in [0.3, 0.4) is 0 Å². The molecule has 33 heavy (non-hydrogen) atoms. The molecule has 0 aliphatic carbocycles. The van der Waals surface area contributed by atoms with Crippen molar-refractivity contribution in [2.45, 2.75) is 6.10 Å². The topological polar surface area (TPSA) is 75.7 Å². The van der Waals surface area contributed by atoms with Crippen LogP contribution in [0.25, 0.3) is 21.8 Å². The molecule has 0 radical (unpaired) electrons. The smallest absolute Gasteiger partial charge is 0.161 e. The zero-order chi connectivity index (χ0) is 23.5. The van der Waals surface area contributed by atoms with Gasteiger partial charge in [0.05, 0.1) is 18.0 Å². The molecule has 1 unspecified atom stereocenters. The minimum atomic E-state index is -0.628. The lowest BCUT2D eigenvalue weighted by molar-refractivity contribution is 0.106. The molecular weight excluding hydrogens is 463 g/mol. The SMILES string of the molecule is COc1ccccc1OCCNCC(O)COc1cccc2[nH]c3ccccc3c12.ClCCl. The number of alkyl halides is 2. The molecule has 4 rings (SSSR count). The summed E-state index contributed by atoms with van der Waals surface area (Å²) in [5, 5.41) is 15.8. The third-order valence-corrected chi connectivity index (χ3v) is 4.91. The molecule has 8 heteroatoms. The first-order chi connectivity index (χ1) is 16.2. The number of rotatable bonds is 10. The van der Waals surface area contributed by atoms with Gasteiger partial charge in [-0.05, 0) is 30.3 Å². The van der Waals surface area contributed by atoms with Crippen molar-refractivity contribution < 1.29 is 19.3 Å². The molecule has 176 valence electrons. The number of aliphatic hydroxyl groups is 1. The van der Waals surface area contributed by atoms with Gasteiger partial charge < -0.3 is 29.6 Å². The summed E-state index contributed by atoms with van der Waals surface area (Å²) in [6.07, 6.45) is -0.628. The highest BCUT2D eigenvalue weighted by Gasteiger charge is 2.11.